The Hall–Kier alpha value is -3.62. The van der Waals surface area contributed by atoms with E-state index in [1.165, 1.54) is 0 Å². The van der Waals surface area contributed by atoms with Crippen LogP contribution in [0.2, 0.25) is 5.02 Å². The average Bonchev–Trinajstić information content (AvgIpc) is 3.04. The fourth-order valence-corrected chi connectivity index (χ4v) is 3.49. The Morgan fingerprint density at radius 2 is 2.06 bits per heavy atom. The molecule has 0 aliphatic heterocycles. The quantitative estimate of drug-likeness (QED) is 0.423. The maximum absolute atomic E-state index is 9.10. The van der Waals surface area contributed by atoms with Crippen molar-refractivity contribution >= 4 is 11.6 Å². The van der Waals surface area contributed by atoms with Crippen LogP contribution < -0.4 is 4.74 Å². The minimum atomic E-state index is 0.407. The summed E-state index contributed by atoms with van der Waals surface area (Å²) in [5.74, 6) is 0.682. The van der Waals surface area contributed by atoms with Crippen molar-refractivity contribution in [2.45, 2.75) is 20.4 Å². The third-order valence-corrected chi connectivity index (χ3v) is 5.18. The van der Waals surface area contributed by atoms with Crippen molar-refractivity contribution in [2.24, 2.45) is 0 Å². The molecule has 3 aromatic rings. The van der Waals surface area contributed by atoms with E-state index in [0.717, 1.165) is 33.8 Å². The number of nitriles is 1. The van der Waals surface area contributed by atoms with Gasteiger partial charge in [0.25, 0.3) is 0 Å². The molecule has 0 saturated heterocycles. The van der Waals surface area contributed by atoms with Crippen molar-refractivity contribution in [1.29, 1.82) is 5.26 Å². The maximum Gasteiger partial charge on any atom is 0.138 e. The van der Waals surface area contributed by atoms with Gasteiger partial charge in [-0.05, 0) is 49.2 Å². The van der Waals surface area contributed by atoms with Crippen LogP contribution in [0.5, 0.6) is 5.75 Å². The van der Waals surface area contributed by atoms with Crippen LogP contribution in [0.25, 0.3) is 11.1 Å². The number of nitrogens with zero attached hydrogens (tertiary/aromatic N) is 4. The molecule has 1 aromatic carbocycles. The highest BCUT2D eigenvalue weighted by Gasteiger charge is 2.15. The Kier molecular flexibility index (Phi) is 7.07. The number of halogens is 1. The standard InChI is InChI=1S/C25H23ClN4O/c1-5-7-19(6-2)16-31-23-11-10-22(28-14-23)15-30-18(4)25(17(3)29-30)20-8-9-21(13-27)24(26)12-20/h5-12,14H,1-2,15-16H2,3-4H3/b19-7+. The molecule has 6 heteroatoms. The van der Waals surface area contributed by atoms with Gasteiger partial charge < -0.3 is 4.74 Å². The SMILES string of the molecule is C=C/C=C(\C=C)COc1ccc(Cn2nc(C)c(-c3ccc(C#N)c(Cl)c3)c2C)nc1. The summed E-state index contributed by atoms with van der Waals surface area (Å²) in [6.45, 7) is 12.4. The lowest BCUT2D eigenvalue weighted by atomic mass is 10.0. The van der Waals surface area contributed by atoms with Crippen molar-refractivity contribution in [3.05, 3.63) is 101 Å². The molecule has 0 radical (unpaired) electrons. The molecule has 0 N–H and O–H groups in total. The summed E-state index contributed by atoms with van der Waals surface area (Å²) in [5.41, 5.74) is 6.12. The van der Waals surface area contributed by atoms with Gasteiger partial charge in [-0.2, -0.15) is 10.4 Å². The molecule has 31 heavy (non-hydrogen) atoms. The van der Waals surface area contributed by atoms with E-state index in [1.807, 2.05) is 48.9 Å². The molecule has 0 spiro atoms. The van der Waals surface area contributed by atoms with E-state index in [1.54, 1.807) is 24.4 Å². The van der Waals surface area contributed by atoms with E-state index in [0.29, 0.717) is 29.5 Å². The zero-order valence-corrected chi connectivity index (χ0v) is 18.4. The summed E-state index contributed by atoms with van der Waals surface area (Å²) < 4.78 is 7.66. The molecular formula is C25H23ClN4O. The Morgan fingerprint density at radius 1 is 1.26 bits per heavy atom. The van der Waals surface area contributed by atoms with Crippen LogP contribution in [-0.2, 0) is 6.54 Å². The van der Waals surface area contributed by atoms with Crippen molar-refractivity contribution in [3.63, 3.8) is 0 Å². The van der Waals surface area contributed by atoms with Gasteiger partial charge in [-0.1, -0.05) is 49.1 Å². The lowest BCUT2D eigenvalue weighted by Crippen LogP contribution is -2.06. The average molecular weight is 431 g/mol. The number of hydrogen-bond acceptors (Lipinski definition) is 4. The normalized spacial score (nSPS) is 11.1. The van der Waals surface area contributed by atoms with Crippen LogP contribution in [0.15, 0.2) is 73.5 Å². The summed E-state index contributed by atoms with van der Waals surface area (Å²) in [6, 6.07) is 11.3. The van der Waals surface area contributed by atoms with E-state index in [2.05, 4.69) is 29.3 Å². The van der Waals surface area contributed by atoms with Crippen LogP contribution >= 0.6 is 11.6 Å². The third-order valence-electron chi connectivity index (χ3n) is 4.87. The van der Waals surface area contributed by atoms with Crippen LogP contribution in [0, 0.1) is 25.2 Å². The monoisotopic (exact) mass is 430 g/mol. The first-order valence-electron chi connectivity index (χ1n) is 9.72. The molecule has 2 aromatic heterocycles. The molecule has 0 saturated carbocycles. The summed E-state index contributed by atoms with van der Waals surface area (Å²) in [5, 5.41) is 14.2. The van der Waals surface area contributed by atoms with E-state index >= 15 is 0 Å². The van der Waals surface area contributed by atoms with E-state index in [4.69, 9.17) is 21.6 Å². The van der Waals surface area contributed by atoms with Crippen LogP contribution in [0.3, 0.4) is 0 Å². The molecule has 3 rings (SSSR count). The second-order valence-corrected chi connectivity index (χ2v) is 7.37. The zero-order chi connectivity index (χ0) is 22.4. The Bertz CT molecular complexity index is 1180. The largest absolute Gasteiger partial charge is 0.487 e. The molecule has 0 aliphatic rings. The fraction of sp³-hybridized carbons (Fsp3) is 0.160. The first-order valence-corrected chi connectivity index (χ1v) is 10.1. The van der Waals surface area contributed by atoms with Gasteiger partial charge >= 0.3 is 0 Å². The minimum Gasteiger partial charge on any atom is -0.487 e. The number of pyridine rings is 1. The summed E-state index contributed by atoms with van der Waals surface area (Å²) in [6.07, 6.45) is 7.01. The molecule has 0 fully saturated rings. The van der Waals surface area contributed by atoms with Gasteiger partial charge in [0.2, 0.25) is 0 Å². The van der Waals surface area contributed by atoms with Crippen molar-refractivity contribution in [2.75, 3.05) is 6.61 Å². The number of aromatic nitrogens is 3. The first kappa shape index (κ1) is 22.1. The smallest absolute Gasteiger partial charge is 0.138 e. The maximum atomic E-state index is 9.10. The molecule has 2 heterocycles. The number of allylic oxidation sites excluding steroid dienone is 2. The van der Waals surface area contributed by atoms with Crippen LogP contribution in [-0.4, -0.2) is 21.4 Å². The molecule has 0 amide bonds. The van der Waals surface area contributed by atoms with Gasteiger partial charge in [-0.25, -0.2) is 0 Å². The van der Waals surface area contributed by atoms with Gasteiger partial charge in [0, 0.05) is 11.3 Å². The van der Waals surface area contributed by atoms with E-state index < -0.39 is 0 Å². The Balaban J connectivity index is 1.77. The Labute approximate surface area is 187 Å². The number of aryl methyl sites for hydroxylation is 1. The topological polar surface area (TPSA) is 63.7 Å². The highest BCUT2D eigenvalue weighted by Crippen LogP contribution is 2.30. The number of ether oxygens (including phenoxy) is 1. The fourth-order valence-electron chi connectivity index (χ4n) is 3.27. The van der Waals surface area contributed by atoms with Crippen LogP contribution in [0.1, 0.15) is 22.6 Å². The molecule has 156 valence electrons. The minimum absolute atomic E-state index is 0.407. The molecule has 0 bridgehead atoms. The van der Waals surface area contributed by atoms with Crippen LogP contribution in [0.4, 0.5) is 0 Å². The summed E-state index contributed by atoms with van der Waals surface area (Å²) >= 11 is 6.22. The third kappa shape index (κ3) is 5.11. The zero-order valence-electron chi connectivity index (χ0n) is 17.6. The second kappa shape index (κ2) is 9.92. The second-order valence-electron chi connectivity index (χ2n) is 6.97. The van der Waals surface area contributed by atoms with E-state index in [9.17, 15) is 0 Å². The Morgan fingerprint density at radius 3 is 2.68 bits per heavy atom. The van der Waals surface area contributed by atoms with E-state index in [-0.39, 0.29) is 0 Å². The molecule has 5 nitrogen and oxygen atoms in total. The molecule has 0 unspecified atom stereocenters. The highest BCUT2D eigenvalue weighted by atomic mass is 35.5. The lowest BCUT2D eigenvalue weighted by Gasteiger charge is -2.09. The first-order chi connectivity index (χ1) is 15.0. The van der Waals surface area contributed by atoms with Gasteiger partial charge in [0.05, 0.1) is 34.7 Å². The summed E-state index contributed by atoms with van der Waals surface area (Å²) in [7, 11) is 0. The van der Waals surface area contributed by atoms with Crippen molar-refractivity contribution < 1.29 is 4.74 Å². The number of benzene rings is 1. The lowest BCUT2D eigenvalue weighted by molar-refractivity contribution is 0.354. The van der Waals surface area contributed by atoms with Gasteiger partial charge in [-0.3, -0.25) is 9.67 Å². The number of rotatable bonds is 8. The molecular weight excluding hydrogens is 408 g/mol. The van der Waals surface area contributed by atoms with Crippen molar-refractivity contribution in [1.82, 2.24) is 14.8 Å². The molecule has 0 atom stereocenters. The predicted molar refractivity (Wildman–Crippen MR) is 124 cm³/mol. The summed E-state index contributed by atoms with van der Waals surface area (Å²) in [4.78, 5) is 4.50. The van der Waals surface area contributed by atoms with Gasteiger partial charge in [-0.15, -0.1) is 0 Å². The predicted octanol–water partition coefficient (Wildman–Crippen LogP) is 5.81. The highest BCUT2D eigenvalue weighted by molar-refractivity contribution is 6.32. The van der Waals surface area contributed by atoms with Crippen molar-refractivity contribution in [3.8, 4) is 22.9 Å². The number of hydrogen-bond donors (Lipinski definition) is 0. The van der Waals surface area contributed by atoms with Gasteiger partial charge in [0.1, 0.15) is 18.4 Å². The molecule has 0 aliphatic carbocycles. The van der Waals surface area contributed by atoms with Gasteiger partial charge in [0.15, 0.2) is 0 Å².